The molecule has 0 aliphatic carbocycles. The first-order valence-corrected chi connectivity index (χ1v) is 10.4. The second kappa shape index (κ2) is 29.0. The van der Waals surface area contributed by atoms with Crippen molar-refractivity contribution >= 4 is 12.1 Å². The zero-order chi connectivity index (χ0) is 21.4. The molecule has 0 rings (SSSR count). The first-order valence-electron chi connectivity index (χ1n) is 10.4. The van der Waals surface area contributed by atoms with E-state index >= 15 is 0 Å². The number of carbonyl (C=O) groups is 2. The molecule has 0 saturated heterocycles. The molecule has 0 aliphatic rings. The molecular weight excluding hydrogens is 326 g/mol. The summed E-state index contributed by atoms with van der Waals surface area (Å²) in [5.74, 6) is 0.463. The second-order valence-electron chi connectivity index (χ2n) is 6.06. The van der Waals surface area contributed by atoms with Crippen LogP contribution in [0.15, 0.2) is 0 Å². The Bertz CT molecular complexity index is 270. The molecule has 1 unspecified atom stereocenters. The van der Waals surface area contributed by atoms with Gasteiger partial charge in [0.25, 0.3) is 0 Å². The number of unbranched alkanes of at least 4 members (excludes halogenated alkanes) is 1. The van der Waals surface area contributed by atoms with Crippen molar-refractivity contribution in [1.29, 1.82) is 0 Å². The number of rotatable bonds is 12. The Morgan fingerprint density at radius 2 is 1.46 bits per heavy atom. The Kier molecular flexibility index (Phi) is 36.6. The lowest BCUT2D eigenvalue weighted by molar-refractivity contribution is -0.124. The van der Waals surface area contributed by atoms with Gasteiger partial charge >= 0.3 is 0 Å². The predicted octanol–water partition coefficient (Wildman–Crippen LogP) is 3.82. The topological polar surface area (TPSA) is 70.2 Å². The van der Waals surface area contributed by atoms with Gasteiger partial charge in [0.1, 0.15) is 6.29 Å². The smallest absolute Gasteiger partial charge is 0.152 e. The number of hydrogen-bond acceptors (Lipinski definition) is 5. The fraction of sp³-hybridized carbons (Fsp3) is 0.905. The van der Waals surface area contributed by atoms with E-state index in [2.05, 4.69) is 29.8 Å². The Hall–Kier alpha value is -0.780. The van der Waals surface area contributed by atoms with Gasteiger partial charge in [-0.2, -0.15) is 0 Å². The maximum atomic E-state index is 11.8. The Labute approximate surface area is 164 Å². The third-order valence-corrected chi connectivity index (χ3v) is 3.25. The van der Waals surface area contributed by atoms with Crippen molar-refractivity contribution in [2.24, 2.45) is 5.92 Å². The highest BCUT2D eigenvalue weighted by molar-refractivity contribution is 5.85. The van der Waals surface area contributed by atoms with Gasteiger partial charge in [0.15, 0.2) is 5.78 Å². The van der Waals surface area contributed by atoms with Gasteiger partial charge in [-0.15, -0.1) is 0 Å². The van der Waals surface area contributed by atoms with E-state index in [1.807, 2.05) is 55.6 Å². The van der Waals surface area contributed by atoms with Crippen LogP contribution in [0.2, 0.25) is 0 Å². The largest absolute Gasteiger partial charge is 0.319 e. The van der Waals surface area contributed by atoms with Gasteiger partial charge < -0.3 is 20.7 Å². The molecule has 0 spiro atoms. The molecule has 0 aliphatic heterocycles. The summed E-state index contributed by atoms with van der Waals surface area (Å²) < 4.78 is 0. The molecule has 0 amide bonds. The molecule has 5 nitrogen and oxygen atoms in total. The van der Waals surface area contributed by atoms with E-state index in [1.165, 1.54) is 0 Å². The van der Waals surface area contributed by atoms with Crippen LogP contribution in [0, 0.1) is 5.92 Å². The Morgan fingerprint density at radius 1 is 0.923 bits per heavy atom. The fourth-order valence-corrected chi connectivity index (χ4v) is 1.90. The average molecular weight is 376 g/mol. The number of Topliss-reactive ketones (excluding diaryl/α,β-unsaturated/α-hetero) is 1. The fourth-order valence-electron chi connectivity index (χ4n) is 1.90. The molecule has 0 aromatic rings. The third-order valence-electron chi connectivity index (χ3n) is 3.25. The van der Waals surface area contributed by atoms with Crippen LogP contribution >= 0.6 is 0 Å². The van der Waals surface area contributed by atoms with Gasteiger partial charge in [0.2, 0.25) is 0 Å². The number of carbonyl (C=O) groups excluding carboxylic acids is 2. The molecule has 0 aromatic carbocycles. The van der Waals surface area contributed by atoms with Crippen molar-refractivity contribution in [3.8, 4) is 0 Å². The van der Waals surface area contributed by atoms with Crippen LogP contribution in [0.5, 0.6) is 0 Å². The normalized spacial score (nSPS) is 10.6. The minimum atomic E-state index is 0.0408. The molecule has 0 fully saturated rings. The van der Waals surface area contributed by atoms with E-state index in [0.717, 1.165) is 38.6 Å². The third kappa shape index (κ3) is 28.0. The van der Waals surface area contributed by atoms with Crippen molar-refractivity contribution < 1.29 is 9.59 Å². The van der Waals surface area contributed by atoms with E-state index in [1.54, 1.807) is 0 Å². The van der Waals surface area contributed by atoms with Crippen LogP contribution in [0.3, 0.4) is 0 Å². The van der Waals surface area contributed by atoms with Crippen LogP contribution in [0.25, 0.3) is 0 Å². The number of hydrogen-bond donors (Lipinski definition) is 3. The SMILES string of the molecule is CC.CC.CNC(CCCCNC(C)C)C(=O)C(C)C.CNCCC=O. The molecular formula is C21H49N3O2. The summed E-state index contributed by atoms with van der Waals surface area (Å²) in [5, 5.41) is 9.33. The highest BCUT2D eigenvalue weighted by Gasteiger charge is 2.18. The van der Waals surface area contributed by atoms with Gasteiger partial charge in [-0.3, -0.25) is 4.79 Å². The average Bonchev–Trinajstić information content (AvgIpc) is 2.66. The number of aldehydes is 1. The molecule has 5 heteroatoms. The lowest BCUT2D eigenvalue weighted by Crippen LogP contribution is -2.36. The quantitative estimate of drug-likeness (QED) is 0.357. The van der Waals surface area contributed by atoms with E-state index in [4.69, 9.17) is 0 Å². The zero-order valence-electron chi connectivity index (χ0n) is 19.4. The molecule has 0 saturated carbocycles. The van der Waals surface area contributed by atoms with Crippen molar-refractivity contribution in [1.82, 2.24) is 16.0 Å². The van der Waals surface area contributed by atoms with Gasteiger partial charge in [-0.25, -0.2) is 0 Å². The molecule has 0 bridgehead atoms. The lowest BCUT2D eigenvalue weighted by Gasteiger charge is -2.17. The summed E-state index contributed by atoms with van der Waals surface area (Å²) >= 11 is 0. The van der Waals surface area contributed by atoms with Crippen LogP contribution in [-0.4, -0.2) is 51.3 Å². The van der Waals surface area contributed by atoms with Crippen molar-refractivity contribution in [2.45, 2.75) is 93.2 Å². The number of ketones is 1. The molecule has 1 atom stereocenters. The van der Waals surface area contributed by atoms with E-state index in [-0.39, 0.29) is 12.0 Å². The van der Waals surface area contributed by atoms with Crippen LogP contribution in [-0.2, 0) is 9.59 Å². The van der Waals surface area contributed by atoms with Gasteiger partial charge in [-0.05, 0) is 33.5 Å². The van der Waals surface area contributed by atoms with E-state index in [9.17, 15) is 9.59 Å². The maximum absolute atomic E-state index is 11.8. The summed E-state index contributed by atoms with van der Waals surface area (Å²) in [5.41, 5.74) is 0. The summed E-state index contributed by atoms with van der Waals surface area (Å²) in [4.78, 5) is 21.3. The summed E-state index contributed by atoms with van der Waals surface area (Å²) in [7, 11) is 3.70. The summed E-state index contributed by atoms with van der Waals surface area (Å²) in [6, 6.07) is 0.594. The van der Waals surface area contributed by atoms with Gasteiger partial charge in [0.05, 0.1) is 6.04 Å². The Morgan fingerprint density at radius 3 is 1.77 bits per heavy atom. The van der Waals surface area contributed by atoms with Crippen LogP contribution in [0.4, 0.5) is 0 Å². The highest BCUT2D eigenvalue weighted by Crippen LogP contribution is 2.07. The molecule has 0 heterocycles. The summed E-state index contributed by atoms with van der Waals surface area (Å²) in [6.45, 7) is 18.1. The lowest BCUT2D eigenvalue weighted by atomic mass is 9.97. The minimum absolute atomic E-state index is 0.0408. The van der Waals surface area contributed by atoms with Crippen molar-refractivity contribution in [3.63, 3.8) is 0 Å². The first kappa shape index (κ1) is 32.9. The minimum Gasteiger partial charge on any atom is -0.319 e. The molecule has 160 valence electrons. The van der Waals surface area contributed by atoms with Crippen molar-refractivity contribution in [2.75, 3.05) is 27.2 Å². The van der Waals surface area contributed by atoms with Crippen LogP contribution in [0.1, 0.15) is 81.1 Å². The molecule has 26 heavy (non-hydrogen) atoms. The second-order valence-corrected chi connectivity index (χ2v) is 6.06. The maximum Gasteiger partial charge on any atom is 0.152 e. The first-order chi connectivity index (χ1) is 12.4. The Balaban J connectivity index is -0.000000202. The summed E-state index contributed by atoms with van der Waals surface area (Å²) in [6.07, 6.45) is 4.71. The number of likely N-dealkylation sites (N-methyl/N-ethyl adjacent to an activating group) is 1. The zero-order valence-corrected chi connectivity index (χ0v) is 19.4. The monoisotopic (exact) mass is 375 g/mol. The molecule has 0 radical (unpaired) electrons. The molecule has 0 aromatic heterocycles. The van der Waals surface area contributed by atoms with Gasteiger partial charge in [0, 0.05) is 24.9 Å². The van der Waals surface area contributed by atoms with E-state index in [0.29, 0.717) is 18.2 Å². The van der Waals surface area contributed by atoms with Crippen molar-refractivity contribution in [3.05, 3.63) is 0 Å². The standard InChI is InChI=1S/C13H28N2O.C4H9NO.2C2H6/c1-10(2)13(16)12(14-5)8-6-7-9-15-11(3)4;1-5-3-2-4-6;2*1-2/h10-12,14-15H,6-9H2,1-5H3;4-5H,2-3H2,1H3;2*1-2H3. The molecule has 3 N–H and O–H groups in total. The predicted molar refractivity (Wildman–Crippen MR) is 117 cm³/mol. The van der Waals surface area contributed by atoms with Crippen LogP contribution < -0.4 is 16.0 Å². The highest BCUT2D eigenvalue weighted by atomic mass is 16.1. The van der Waals surface area contributed by atoms with E-state index < -0.39 is 0 Å². The number of nitrogens with one attached hydrogen (secondary N) is 3. The van der Waals surface area contributed by atoms with Gasteiger partial charge in [-0.1, -0.05) is 61.8 Å².